The summed E-state index contributed by atoms with van der Waals surface area (Å²) in [5.41, 5.74) is 1.60. The van der Waals surface area contributed by atoms with Crippen molar-refractivity contribution in [2.24, 2.45) is 0 Å². The Balaban J connectivity index is 1.43. The van der Waals surface area contributed by atoms with Gasteiger partial charge in [0, 0.05) is 19.5 Å². The average Bonchev–Trinajstić information content (AvgIpc) is 3.26. The van der Waals surface area contributed by atoms with Crippen molar-refractivity contribution < 1.29 is 27.2 Å². The highest BCUT2D eigenvalue weighted by molar-refractivity contribution is 7.84. The third-order valence-electron chi connectivity index (χ3n) is 5.67. The Kier molecular flexibility index (Phi) is 6.08. The van der Waals surface area contributed by atoms with Gasteiger partial charge >= 0.3 is 10.3 Å². The maximum atomic E-state index is 14.0. The first-order chi connectivity index (χ1) is 14.8. The largest absolute Gasteiger partial charge is 0.388 e. The van der Waals surface area contributed by atoms with Crippen LogP contribution in [0.2, 0.25) is 0 Å². The van der Waals surface area contributed by atoms with Gasteiger partial charge in [-0.05, 0) is 30.0 Å². The number of aliphatic hydroxyl groups is 2. The minimum atomic E-state index is -4.01. The zero-order valence-corrected chi connectivity index (χ0v) is 17.5. The van der Waals surface area contributed by atoms with Crippen LogP contribution in [-0.2, 0) is 20.9 Å². The van der Waals surface area contributed by atoms with Crippen molar-refractivity contribution >= 4 is 21.9 Å². The second-order valence-corrected chi connectivity index (χ2v) is 9.10. The van der Waals surface area contributed by atoms with Gasteiger partial charge in [-0.25, -0.2) is 14.4 Å². The highest BCUT2D eigenvalue weighted by Crippen LogP contribution is 2.35. The number of nitrogens with one attached hydrogen (secondary N) is 3. The van der Waals surface area contributed by atoms with Crippen LogP contribution in [0, 0.1) is 5.82 Å². The zero-order valence-electron chi connectivity index (χ0n) is 16.7. The Bertz CT molecular complexity index is 1060. The molecular formula is C19H24FN5O5S. The summed E-state index contributed by atoms with van der Waals surface area (Å²) in [5, 5.41) is 26.7. The van der Waals surface area contributed by atoms with Gasteiger partial charge in [0.15, 0.2) is 0 Å². The number of benzene rings is 1. The monoisotopic (exact) mass is 453 g/mol. The van der Waals surface area contributed by atoms with Gasteiger partial charge in [-0.1, -0.05) is 12.1 Å². The second-order valence-electron chi connectivity index (χ2n) is 7.59. The standard InChI is InChI=1S/C19H24FN5O5S/c1-21-31(28,29)30-15-7-14(18(26)19(15)27)25-17-8-16(22-9-23-17)24-13-6-5-10-11(13)3-2-4-12(10)20/h2-4,8-9,13-15,18-19,21,26-27H,5-7H2,1H3,(H2,22,23,24,25)/t13-,14+,15+,18-,19-/m0/s1. The minimum absolute atomic E-state index is 0.0469. The molecule has 168 valence electrons. The van der Waals surface area contributed by atoms with Crippen LogP contribution in [0.1, 0.15) is 30.0 Å². The van der Waals surface area contributed by atoms with E-state index in [1.807, 2.05) is 10.8 Å². The Morgan fingerprint density at radius 3 is 2.65 bits per heavy atom. The van der Waals surface area contributed by atoms with Crippen LogP contribution in [0.5, 0.6) is 0 Å². The van der Waals surface area contributed by atoms with Crippen LogP contribution in [0.15, 0.2) is 30.6 Å². The number of halogens is 1. The Hall–Kier alpha value is -2.38. The molecule has 0 spiro atoms. The van der Waals surface area contributed by atoms with E-state index in [-0.39, 0.29) is 18.3 Å². The van der Waals surface area contributed by atoms with Crippen molar-refractivity contribution in [3.8, 4) is 0 Å². The van der Waals surface area contributed by atoms with Crippen LogP contribution in [-0.4, -0.2) is 60.0 Å². The molecule has 31 heavy (non-hydrogen) atoms. The van der Waals surface area contributed by atoms with Crippen LogP contribution >= 0.6 is 0 Å². The predicted octanol–water partition coefficient (Wildman–Crippen LogP) is 0.470. The van der Waals surface area contributed by atoms with E-state index in [1.165, 1.54) is 19.4 Å². The number of anilines is 2. The van der Waals surface area contributed by atoms with E-state index in [1.54, 1.807) is 12.1 Å². The van der Waals surface area contributed by atoms with Crippen LogP contribution < -0.4 is 15.4 Å². The minimum Gasteiger partial charge on any atom is -0.388 e. The quantitative estimate of drug-likeness (QED) is 0.404. The maximum Gasteiger partial charge on any atom is 0.335 e. The lowest BCUT2D eigenvalue weighted by atomic mass is 10.1. The molecule has 2 aromatic rings. The summed E-state index contributed by atoms with van der Waals surface area (Å²) in [5.74, 6) is 0.680. The molecule has 0 aliphatic heterocycles. The van der Waals surface area contributed by atoms with E-state index in [9.17, 15) is 23.0 Å². The second kappa shape index (κ2) is 8.63. The average molecular weight is 453 g/mol. The van der Waals surface area contributed by atoms with Gasteiger partial charge in [-0.2, -0.15) is 13.1 Å². The molecule has 0 unspecified atom stereocenters. The fraction of sp³-hybridized carbons (Fsp3) is 0.474. The van der Waals surface area contributed by atoms with E-state index < -0.39 is 34.7 Å². The van der Waals surface area contributed by atoms with Gasteiger partial charge in [-0.15, -0.1) is 0 Å². The third-order valence-corrected chi connectivity index (χ3v) is 6.67. The Morgan fingerprint density at radius 1 is 1.16 bits per heavy atom. The Labute approximate surface area is 179 Å². The lowest BCUT2D eigenvalue weighted by molar-refractivity contribution is -0.00882. The molecule has 1 fully saturated rings. The van der Waals surface area contributed by atoms with Crippen LogP contribution in [0.25, 0.3) is 0 Å². The predicted molar refractivity (Wildman–Crippen MR) is 110 cm³/mol. The first kappa shape index (κ1) is 21.8. The molecular weight excluding hydrogens is 429 g/mol. The maximum absolute atomic E-state index is 14.0. The molecule has 1 aromatic carbocycles. The number of hydrogen-bond acceptors (Lipinski definition) is 9. The van der Waals surface area contributed by atoms with Gasteiger partial charge in [0.25, 0.3) is 0 Å². The summed E-state index contributed by atoms with van der Waals surface area (Å²) < 4.78 is 44.0. The highest BCUT2D eigenvalue weighted by atomic mass is 32.2. The van der Waals surface area contributed by atoms with Crippen molar-refractivity contribution in [1.29, 1.82) is 0 Å². The lowest BCUT2D eigenvalue weighted by Gasteiger charge is -2.19. The number of rotatable bonds is 7. The molecule has 5 atom stereocenters. The molecule has 1 saturated carbocycles. The molecule has 5 N–H and O–H groups in total. The topological polar surface area (TPSA) is 146 Å². The third kappa shape index (κ3) is 4.62. The zero-order chi connectivity index (χ0) is 22.2. The highest BCUT2D eigenvalue weighted by Gasteiger charge is 2.44. The van der Waals surface area contributed by atoms with E-state index in [4.69, 9.17) is 4.18 Å². The molecule has 2 aliphatic carbocycles. The number of fused-ring (bicyclic) bond motifs is 1. The van der Waals surface area contributed by atoms with Crippen molar-refractivity contribution in [3.63, 3.8) is 0 Å². The molecule has 12 heteroatoms. The van der Waals surface area contributed by atoms with Crippen LogP contribution in [0.3, 0.4) is 0 Å². The molecule has 0 bridgehead atoms. The van der Waals surface area contributed by atoms with Gasteiger partial charge in [0.05, 0.1) is 12.1 Å². The van der Waals surface area contributed by atoms with E-state index >= 15 is 0 Å². The lowest BCUT2D eigenvalue weighted by Crippen LogP contribution is -2.38. The number of aliphatic hydroxyl groups excluding tert-OH is 2. The van der Waals surface area contributed by atoms with Crippen molar-refractivity contribution in [1.82, 2.24) is 14.7 Å². The number of aromatic nitrogens is 2. The van der Waals surface area contributed by atoms with Crippen LogP contribution in [0.4, 0.5) is 16.0 Å². The van der Waals surface area contributed by atoms with E-state index in [0.717, 1.165) is 12.0 Å². The van der Waals surface area contributed by atoms with E-state index in [0.29, 0.717) is 23.6 Å². The van der Waals surface area contributed by atoms with Crippen molar-refractivity contribution in [2.45, 2.75) is 49.7 Å². The summed E-state index contributed by atoms with van der Waals surface area (Å²) in [6, 6.07) is 5.89. The normalized spacial score (nSPS) is 27.8. The molecule has 0 saturated heterocycles. The van der Waals surface area contributed by atoms with Gasteiger partial charge in [-0.3, -0.25) is 4.18 Å². The molecule has 1 heterocycles. The summed E-state index contributed by atoms with van der Waals surface area (Å²) in [6.07, 6.45) is -0.990. The summed E-state index contributed by atoms with van der Waals surface area (Å²) >= 11 is 0. The first-order valence-corrected chi connectivity index (χ1v) is 11.3. The first-order valence-electron chi connectivity index (χ1n) is 9.87. The Morgan fingerprint density at radius 2 is 1.90 bits per heavy atom. The summed E-state index contributed by atoms with van der Waals surface area (Å²) in [7, 11) is -2.82. The molecule has 1 aromatic heterocycles. The summed E-state index contributed by atoms with van der Waals surface area (Å²) in [4.78, 5) is 8.33. The van der Waals surface area contributed by atoms with Crippen molar-refractivity contribution in [2.75, 3.05) is 17.7 Å². The fourth-order valence-corrected chi connectivity index (χ4v) is 4.70. The number of nitrogens with zero attached hydrogens (tertiary/aromatic N) is 2. The molecule has 0 radical (unpaired) electrons. The molecule has 0 amide bonds. The number of hydrogen-bond donors (Lipinski definition) is 5. The fourth-order valence-electron chi connectivity index (χ4n) is 4.08. The van der Waals surface area contributed by atoms with Gasteiger partial charge in [0.1, 0.15) is 42.1 Å². The summed E-state index contributed by atoms with van der Waals surface area (Å²) in [6.45, 7) is 0. The molecule has 10 nitrogen and oxygen atoms in total. The SMILES string of the molecule is CNS(=O)(=O)O[C@@H]1C[C@@H](Nc2cc(N[C@H]3CCc4c(F)cccc43)ncn2)[C@H](O)[C@H]1O. The molecule has 4 rings (SSSR count). The van der Waals surface area contributed by atoms with Gasteiger partial charge in [0.2, 0.25) is 0 Å². The smallest absolute Gasteiger partial charge is 0.335 e. The molecule has 2 aliphatic rings. The van der Waals surface area contributed by atoms with E-state index in [2.05, 4.69) is 20.6 Å². The van der Waals surface area contributed by atoms with Gasteiger partial charge < -0.3 is 20.8 Å². The van der Waals surface area contributed by atoms with Crippen molar-refractivity contribution in [3.05, 3.63) is 47.5 Å².